The second kappa shape index (κ2) is 5.94. The molecule has 8 nitrogen and oxygen atoms in total. The standard InChI is InChI=1S/C19H16N6O2/c1-11-3-4-12(2)16(7-11)26-9-13-5-6-15(27-13)18-22-19-14-8-21-23-17(14)20-10-25(19)24-18/h3-8,10H,9H2,1-2H3,(H,21,23). The number of rotatable bonds is 4. The fraction of sp³-hybridized carbons (Fsp3) is 0.158. The molecule has 8 heteroatoms. The summed E-state index contributed by atoms with van der Waals surface area (Å²) >= 11 is 0. The lowest BCUT2D eigenvalue weighted by molar-refractivity contribution is 0.270. The van der Waals surface area contributed by atoms with E-state index < -0.39 is 0 Å². The molecular weight excluding hydrogens is 344 g/mol. The minimum atomic E-state index is 0.338. The number of hydrogen-bond donors (Lipinski definition) is 1. The maximum atomic E-state index is 5.90. The highest BCUT2D eigenvalue weighted by atomic mass is 16.5. The Labute approximate surface area is 153 Å². The van der Waals surface area contributed by atoms with Gasteiger partial charge in [0, 0.05) is 0 Å². The largest absolute Gasteiger partial charge is 0.485 e. The molecule has 1 N–H and O–H groups in total. The molecule has 0 aliphatic heterocycles. The number of nitrogens with one attached hydrogen (secondary N) is 1. The highest BCUT2D eigenvalue weighted by Crippen LogP contribution is 2.24. The van der Waals surface area contributed by atoms with E-state index in [-0.39, 0.29) is 0 Å². The summed E-state index contributed by atoms with van der Waals surface area (Å²) in [7, 11) is 0. The van der Waals surface area contributed by atoms with E-state index in [1.54, 1.807) is 17.0 Å². The monoisotopic (exact) mass is 360 g/mol. The van der Waals surface area contributed by atoms with E-state index in [0.717, 1.165) is 22.3 Å². The van der Waals surface area contributed by atoms with Gasteiger partial charge in [-0.2, -0.15) is 5.10 Å². The van der Waals surface area contributed by atoms with E-state index in [9.17, 15) is 0 Å². The van der Waals surface area contributed by atoms with Crippen LogP contribution in [0.2, 0.25) is 0 Å². The van der Waals surface area contributed by atoms with Crippen molar-refractivity contribution in [1.29, 1.82) is 0 Å². The number of fused-ring (bicyclic) bond motifs is 3. The molecule has 0 fully saturated rings. The number of aromatic amines is 1. The van der Waals surface area contributed by atoms with Gasteiger partial charge in [0.15, 0.2) is 17.1 Å². The van der Waals surface area contributed by atoms with E-state index in [0.29, 0.717) is 35.2 Å². The first-order chi connectivity index (χ1) is 13.2. The molecule has 4 heterocycles. The van der Waals surface area contributed by atoms with Crippen LogP contribution in [0.3, 0.4) is 0 Å². The summed E-state index contributed by atoms with van der Waals surface area (Å²) in [5, 5.41) is 12.1. The third kappa shape index (κ3) is 2.71. The van der Waals surface area contributed by atoms with Gasteiger partial charge in [0.25, 0.3) is 0 Å². The molecule has 0 aliphatic carbocycles. The smallest absolute Gasteiger partial charge is 0.217 e. The zero-order chi connectivity index (χ0) is 18.4. The topological polar surface area (TPSA) is 94.1 Å². The van der Waals surface area contributed by atoms with E-state index in [1.165, 1.54) is 0 Å². The average Bonchev–Trinajstić information content (AvgIpc) is 3.39. The van der Waals surface area contributed by atoms with Gasteiger partial charge in [0.05, 0.1) is 11.6 Å². The van der Waals surface area contributed by atoms with Crippen LogP contribution in [0.4, 0.5) is 0 Å². The summed E-state index contributed by atoms with van der Waals surface area (Å²) in [4.78, 5) is 8.81. The Balaban J connectivity index is 1.41. The van der Waals surface area contributed by atoms with Crippen LogP contribution < -0.4 is 4.74 Å². The Hall–Kier alpha value is -3.68. The van der Waals surface area contributed by atoms with Gasteiger partial charge in [0.1, 0.15) is 24.4 Å². The predicted molar refractivity (Wildman–Crippen MR) is 98.4 cm³/mol. The van der Waals surface area contributed by atoms with Gasteiger partial charge < -0.3 is 9.15 Å². The van der Waals surface area contributed by atoms with Crippen molar-refractivity contribution in [3.63, 3.8) is 0 Å². The normalized spacial score (nSPS) is 11.5. The summed E-state index contributed by atoms with van der Waals surface area (Å²) in [6, 6.07) is 9.85. The zero-order valence-corrected chi connectivity index (χ0v) is 14.8. The zero-order valence-electron chi connectivity index (χ0n) is 14.8. The fourth-order valence-electron chi connectivity index (χ4n) is 2.93. The van der Waals surface area contributed by atoms with Crippen LogP contribution in [0.15, 0.2) is 47.3 Å². The van der Waals surface area contributed by atoms with Crippen molar-refractivity contribution >= 4 is 16.7 Å². The van der Waals surface area contributed by atoms with Gasteiger partial charge in [-0.3, -0.25) is 5.10 Å². The van der Waals surface area contributed by atoms with Gasteiger partial charge in [0.2, 0.25) is 5.82 Å². The Morgan fingerprint density at radius 3 is 3.04 bits per heavy atom. The maximum Gasteiger partial charge on any atom is 0.217 e. The van der Waals surface area contributed by atoms with Crippen LogP contribution in [-0.2, 0) is 6.61 Å². The average molecular weight is 360 g/mol. The molecule has 0 amide bonds. The van der Waals surface area contributed by atoms with E-state index in [2.05, 4.69) is 31.3 Å². The first-order valence-corrected chi connectivity index (χ1v) is 8.51. The van der Waals surface area contributed by atoms with Crippen molar-refractivity contribution in [1.82, 2.24) is 29.8 Å². The molecule has 4 aromatic heterocycles. The summed E-state index contributed by atoms with van der Waals surface area (Å²) in [5.74, 6) is 2.63. The third-order valence-electron chi connectivity index (χ3n) is 4.38. The number of ether oxygens (including phenoxy) is 1. The Morgan fingerprint density at radius 1 is 1.19 bits per heavy atom. The van der Waals surface area contributed by atoms with Gasteiger partial charge in [-0.1, -0.05) is 12.1 Å². The summed E-state index contributed by atoms with van der Waals surface area (Å²) in [6.07, 6.45) is 3.28. The summed E-state index contributed by atoms with van der Waals surface area (Å²) in [6.45, 7) is 4.40. The van der Waals surface area contributed by atoms with Gasteiger partial charge in [-0.25, -0.2) is 14.5 Å². The molecule has 134 valence electrons. The molecule has 0 atom stereocenters. The summed E-state index contributed by atoms with van der Waals surface area (Å²) in [5.41, 5.74) is 3.59. The molecule has 1 aromatic carbocycles. The van der Waals surface area contributed by atoms with Crippen molar-refractivity contribution in [3.8, 4) is 17.3 Å². The molecule has 0 bridgehead atoms. The molecule has 0 saturated carbocycles. The Bertz CT molecular complexity index is 1270. The second-order valence-corrected chi connectivity index (χ2v) is 6.40. The lowest BCUT2D eigenvalue weighted by atomic mass is 10.1. The van der Waals surface area contributed by atoms with Crippen molar-refractivity contribution in [2.24, 2.45) is 0 Å². The highest BCUT2D eigenvalue weighted by Gasteiger charge is 2.14. The Kier molecular flexibility index (Phi) is 3.43. The van der Waals surface area contributed by atoms with Crippen LogP contribution >= 0.6 is 0 Å². The first kappa shape index (κ1) is 15.6. The number of benzene rings is 1. The molecule has 0 aliphatic rings. The molecule has 5 aromatic rings. The van der Waals surface area contributed by atoms with Crippen LogP contribution in [0.1, 0.15) is 16.9 Å². The van der Waals surface area contributed by atoms with Gasteiger partial charge in [-0.05, 0) is 43.2 Å². The number of nitrogens with zero attached hydrogens (tertiary/aromatic N) is 5. The SMILES string of the molecule is Cc1ccc(C)c(OCc2ccc(-c3nc4c5cn[nH]c5ncn4n3)o2)c1. The molecular formula is C19H16N6O2. The Morgan fingerprint density at radius 2 is 2.11 bits per heavy atom. The molecule has 0 spiro atoms. The number of aryl methyl sites for hydroxylation is 2. The number of hydrogen-bond acceptors (Lipinski definition) is 6. The van der Waals surface area contributed by atoms with Crippen LogP contribution in [-0.4, -0.2) is 29.8 Å². The maximum absolute atomic E-state index is 5.90. The minimum absolute atomic E-state index is 0.338. The third-order valence-corrected chi connectivity index (χ3v) is 4.38. The molecule has 0 radical (unpaired) electrons. The van der Waals surface area contributed by atoms with Gasteiger partial charge in [-0.15, -0.1) is 5.10 Å². The van der Waals surface area contributed by atoms with Crippen molar-refractivity contribution < 1.29 is 9.15 Å². The lowest BCUT2D eigenvalue weighted by Crippen LogP contribution is -1.96. The van der Waals surface area contributed by atoms with Crippen molar-refractivity contribution in [2.45, 2.75) is 20.5 Å². The van der Waals surface area contributed by atoms with Crippen LogP contribution in [0.5, 0.6) is 5.75 Å². The number of H-pyrrole nitrogens is 1. The van der Waals surface area contributed by atoms with Crippen LogP contribution in [0, 0.1) is 13.8 Å². The van der Waals surface area contributed by atoms with Crippen molar-refractivity contribution in [3.05, 3.63) is 59.7 Å². The predicted octanol–water partition coefficient (Wildman–Crippen LogP) is 3.46. The molecule has 0 unspecified atom stereocenters. The lowest BCUT2D eigenvalue weighted by Gasteiger charge is -2.08. The molecule has 27 heavy (non-hydrogen) atoms. The van der Waals surface area contributed by atoms with Crippen LogP contribution in [0.25, 0.3) is 28.3 Å². The second-order valence-electron chi connectivity index (χ2n) is 6.40. The fourth-order valence-corrected chi connectivity index (χ4v) is 2.93. The highest BCUT2D eigenvalue weighted by molar-refractivity contribution is 5.88. The molecule has 0 saturated heterocycles. The minimum Gasteiger partial charge on any atom is -0.485 e. The van der Waals surface area contributed by atoms with E-state index in [4.69, 9.17) is 9.15 Å². The number of aromatic nitrogens is 6. The van der Waals surface area contributed by atoms with Gasteiger partial charge >= 0.3 is 0 Å². The van der Waals surface area contributed by atoms with E-state index in [1.807, 2.05) is 38.1 Å². The first-order valence-electron chi connectivity index (χ1n) is 8.51. The van der Waals surface area contributed by atoms with E-state index >= 15 is 0 Å². The molecule has 5 rings (SSSR count). The quantitative estimate of drug-likeness (QED) is 0.527. The van der Waals surface area contributed by atoms with Crippen molar-refractivity contribution in [2.75, 3.05) is 0 Å². The summed E-state index contributed by atoms with van der Waals surface area (Å²) < 4.78 is 13.4. The number of furan rings is 1.